The minimum absolute atomic E-state index is 0.148. The van der Waals surface area contributed by atoms with Crippen molar-refractivity contribution in [2.75, 3.05) is 19.9 Å². The molecule has 0 spiro atoms. The molecule has 1 fully saturated rings. The van der Waals surface area contributed by atoms with E-state index in [1.807, 2.05) is 0 Å². The first-order chi connectivity index (χ1) is 12.8. The molecule has 136 valence electrons. The van der Waals surface area contributed by atoms with E-state index >= 15 is 0 Å². The van der Waals surface area contributed by atoms with Crippen LogP contribution in [0.2, 0.25) is 0 Å². The third kappa shape index (κ3) is 3.83. The summed E-state index contributed by atoms with van der Waals surface area (Å²) < 4.78 is 10.7. The Bertz CT molecular complexity index is 767. The molecular weight excluding hydrogens is 328 g/mol. The van der Waals surface area contributed by atoms with Crippen molar-refractivity contribution in [3.8, 4) is 11.5 Å². The van der Waals surface area contributed by atoms with Crippen molar-refractivity contribution < 1.29 is 14.3 Å². The first kappa shape index (κ1) is 16.9. The van der Waals surface area contributed by atoms with Crippen molar-refractivity contribution in [2.45, 2.75) is 32.4 Å². The molecule has 0 bridgehead atoms. The van der Waals surface area contributed by atoms with Crippen LogP contribution in [0.1, 0.15) is 40.7 Å². The highest BCUT2D eigenvalue weighted by atomic mass is 16.7. The number of likely N-dealkylation sites (tertiary alicyclic amines) is 1. The number of benzene rings is 2. The van der Waals surface area contributed by atoms with Gasteiger partial charge >= 0.3 is 0 Å². The predicted molar refractivity (Wildman–Crippen MR) is 99.3 cm³/mol. The van der Waals surface area contributed by atoms with Crippen molar-refractivity contribution in [3.63, 3.8) is 0 Å². The van der Waals surface area contributed by atoms with Gasteiger partial charge in [0.15, 0.2) is 11.5 Å². The van der Waals surface area contributed by atoms with E-state index in [2.05, 4.69) is 34.5 Å². The SMILES string of the molecule is O=C(NCc1ccc(CN2CCCCC2)cc1)c1cccc2c1OCO2. The van der Waals surface area contributed by atoms with Gasteiger partial charge in [-0.1, -0.05) is 36.8 Å². The van der Waals surface area contributed by atoms with Crippen molar-refractivity contribution in [3.05, 3.63) is 59.2 Å². The van der Waals surface area contributed by atoms with Gasteiger partial charge in [-0.3, -0.25) is 9.69 Å². The van der Waals surface area contributed by atoms with Gasteiger partial charge < -0.3 is 14.8 Å². The number of hydrogen-bond acceptors (Lipinski definition) is 4. The maximum atomic E-state index is 12.5. The number of fused-ring (bicyclic) bond motifs is 1. The summed E-state index contributed by atoms with van der Waals surface area (Å²) in [7, 11) is 0. The van der Waals surface area contributed by atoms with Crippen LogP contribution in [0.15, 0.2) is 42.5 Å². The fourth-order valence-electron chi connectivity index (χ4n) is 3.52. The number of nitrogens with zero attached hydrogens (tertiary/aromatic N) is 1. The van der Waals surface area contributed by atoms with Crippen LogP contribution in [0, 0.1) is 0 Å². The third-order valence-corrected chi connectivity index (χ3v) is 4.97. The van der Waals surface area contributed by atoms with Gasteiger partial charge in [0, 0.05) is 13.1 Å². The van der Waals surface area contributed by atoms with E-state index in [0.29, 0.717) is 23.6 Å². The molecule has 5 nitrogen and oxygen atoms in total. The quantitative estimate of drug-likeness (QED) is 0.897. The molecule has 26 heavy (non-hydrogen) atoms. The highest BCUT2D eigenvalue weighted by Gasteiger charge is 2.21. The lowest BCUT2D eigenvalue weighted by Crippen LogP contribution is -2.29. The lowest BCUT2D eigenvalue weighted by molar-refractivity contribution is 0.0946. The van der Waals surface area contributed by atoms with E-state index in [4.69, 9.17) is 9.47 Å². The van der Waals surface area contributed by atoms with Crippen LogP contribution in [0.5, 0.6) is 11.5 Å². The van der Waals surface area contributed by atoms with Gasteiger partial charge in [-0.25, -0.2) is 0 Å². The number of hydrogen-bond donors (Lipinski definition) is 1. The molecule has 2 aliphatic heterocycles. The van der Waals surface area contributed by atoms with Crippen LogP contribution < -0.4 is 14.8 Å². The first-order valence-corrected chi connectivity index (χ1v) is 9.26. The maximum absolute atomic E-state index is 12.5. The molecule has 2 aliphatic rings. The summed E-state index contributed by atoms with van der Waals surface area (Å²) in [6, 6.07) is 13.9. The van der Waals surface area contributed by atoms with Crippen LogP contribution in [0.25, 0.3) is 0 Å². The summed E-state index contributed by atoms with van der Waals surface area (Å²) in [6.07, 6.45) is 3.97. The largest absolute Gasteiger partial charge is 0.454 e. The van der Waals surface area contributed by atoms with Crippen LogP contribution >= 0.6 is 0 Å². The Morgan fingerprint density at radius 2 is 1.73 bits per heavy atom. The van der Waals surface area contributed by atoms with Crippen LogP contribution in [-0.4, -0.2) is 30.7 Å². The number of nitrogens with one attached hydrogen (secondary N) is 1. The van der Waals surface area contributed by atoms with Gasteiger partial charge in [0.25, 0.3) is 5.91 Å². The van der Waals surface area contributed by atoms with E-state index < -0.39 is 0 Å². The number of ether oxygens (including phenoxy) is 2. The molecule has 2 heterocycles. The van der Waals surface area contributed by atoms with Crippen molar-refractivity contribution in [1.29, 1.82) is 0 Å². The lowest BCUT2D eigenvalue weighted by atomic mass is 10.1. The molecule has 0 aromatic heterocycles. The zero-order valence-corrected chi connectivity index (χ0v) is 14.9. The van der Waals surface area contributed by atoms with Crippen LogP contribution in [-0.2, 0) is 13.1 Å². The number of carbonyl (C=O) groups is 1. The van der Waals surface area contributed by atoms with Gasteiger partial charge in [-0.05, 0) is 49.2 Å². The van der Waals surface area contributed by atoms with Gasteiger partial charge in [0.05, 0.1) is 5.56 Å². The van der Waals surface area contributed by atoms with Gasteiger partial charge in [0.2, 0.25) is 6.79 Å². The van der Waals surface area contributed by atoms with E-state index in [-0.39, 0.29) is 12.7 Å². The molecule has 1 amide bonds. The lowest BCUT2D eigenvalue weighted by Gasteiger charge is -2.26. The molecule has 1 saturated heterocycles. The number of para-hydroxylation sites is 1. The van der Waals surface area contributed by atoms with Crippen LogP contribution in [0.3, 0.4) is 0 Å². The highest BCUT2D eigenvalue weighted by molar-refractivity contribution is 5.97. The monoisotopic (exact) mass is 352 g/mol. The Balaban J connectivity index is 1.33. The Morgan fingerprint density at radius 3 is 2.54 bits per heavy atom. The summed E-state index contributed by atoms with van der Waals surface area (Å²) in [6.45, 7) is 4.07. The standard InChI is InChI=1S/C21H24N2O3/c24-21(18-5-4-6-19-20(18)26-15-25-19)22-13-16-7-9-17(10-8-16)14-23-11-2-1-3-12-23/h4-10H,1-3,11-15H2,(H,22,24). The molecule has 0 atom stereocenters. The second kappa shape index (κ2) is 7.79. The highest BCUT2D eigenvalue weighted by Crippen LogP contribution is 2.35. The summed E-state index contributed by atoms with van der Waals surface area (Å²) in [5.41, 5.74) is 2.93. The first-order valence-electron chi connectivity index (χ1n) is 9.26. The Labute approximate surface area is 153 Å². The average Bonchev–Trinajstić information content (AvgIpc) is 3.17. The van der Waals surface area contributed by atoms with E-state index in [1.54, 1.807) is 18.2 Å². The number of carbonyl (C=O) groups excluding carboxylic acids is 1. The average molecular weight is 352 g/mol. The number of rotatable bonds is 5. The van der Waals surface area contributed by atoms with Gasteiger partial charge in [-0.15, -0.1) is 0 Å². The van der Waals surface area contributed by atoms with E-state index in [1.165, 1.54) is 37.9 Å². The van der Waals surface area contributed by atoms with Crippen molar-refractivity contribution >= 4 is 5.91 Å². The third-order valence-electron chi connectivity index (χ3n) is 4.97. The zero-order valence-electron chi connectivity index (χ0n) is 14.9. The molecular formula is C21H24N2O3. The normalized spacial score (nSPS) is 16.5. The summed E-state index contributed by atoms with van der Waals surface area (Å²) in [4.78, 5) is 15.0. The summed E-state index contributed by atoms with van der Waals surface area (Å²) >= 11 is 0. The number of piperidine rings is 1. The molecule has 1 N–H and O–H groups in total. The fourth-order valence-corrected chi connectivity index (χ4v) is 3.52. The van der Waals surface area contributed by atoms with Crippen LogP contribution in [0.4, 0.5) is 0 Å². The van der Waals surface area contributed by atoms with E-state index in [9.17, 15) is 4.79 Å². The van der Waals surface area contributed by atoms with E-state index in [0.717, 1.165) is 12.1 Å². The fraction of sp³-hybridized carbons (Fsp3) is 0.381. The zero-order chi connectivity index (χ0) is 17.8. The van der Waals surface area contributed by atoms with Gasteiger partial charge in [0.1, 0.15) is 0 Å². The molecule has 5 heteroatoms. The molecule has 0 radical (unpaired) electrons. The number of amides is 1. The van der Waals surface area contributed by atoms with Crippen molar-refractivity contribution in [2.24, 2.45) is 0 Å². The Morgan fingerprint density at radius 1 is 0.962 bits per heavy atom. The maximum Gasteiger partial charge on any atom is 0.255 e. The topological polar surface area (TPSA) is 50.8 Å². The summed E-state index contributed by atoms with van der Waals surface area (Å²) in [5, 5.41) is 2.96. The molecule has 2 aromatic rings. The second-order valence-electron chi connectivity index (χ2n) is 6.88. The molecule has 0 saturated carbocycles. The summed E-state index contributed by atoms with van der Waals surface area (Å²) in [5.74, 6) is 1.01. The minimum Gasteiger partial charge on any atom is -0.454 e. The molecule has 4 rings (SSSR count). The second-order valence-corrected chi connectivity index (χ2v) is 6.88. The smallest absolute Gasteiger partial charge is 0.255 e. The molecule has 0 aliphatic carbocycles. The van der Waals surface area contributed by atoms with Gasteiger partial charge in [-0.2, -0.15) is 0 Å². The minimum atomic E-state index is -0.148. The molecule has 0 unspecified atom stereocenters. The predicted octanol–water partition coefficient (Wildman–Crippen LogP) is 3.33. The van der Waals surface area contributed by atoms with Crippen molar-refractivity contribution in [1.82, 2.24) is 10.2 Å². The molecule has 2 aromatic carbocycles. The Kier molecular flexibility index (Phi) is 5.07. The Hall–Kier alpha value is -2.53.